The van der Waals surface area contributed by atoms with Crippen molar-refractivity contribution in [2.24, 2.45) is 0 Å². The van der Waals surface area contributed by atoms with E-state index in [1.165, 1.54) is 0 Å². The predicted octanol–water partition coefficient (Wildman–Crippen LogP) is 2.83. The molecule has 2 aromatic carbocycles. The molecule has 0 spiro atoms. The van der Waals surface area contributed by atoms with Crippen molar-refractivity contribution < 1.29 is 4.42 Å². The minimum absolute atomic E-state index is 0.176. The average Bonchev–Trinajstić information content (AvgIpc) is 3.24. The van der Waals surface area contributed by atoms with E-state index in [0.717, 1.165) is 11.1 Å². The summed E-state index contributed by atoms with van der Waals surface area (Å²) in [6, 6.07) is 15.0. The molecule has 0 aliphatic carbocycles. The number of nitrogens with one attached hydrogen (secondary N) is 1. The first kappa shape index (κ1) is 14.0. The van der Waals surface area contributed by atoms with Gasteiger partial charge >= 0.3 is 5.76 Å². The van der Waals surface area contributed by atoms with Crippen LogP contribution < -0.4 is 5.76 Å². The molecule has 4 aromatic rings. The van der Waals surface area contributed by atoms with Gasteiger partial charge in [0.25, 0.3) is 0 Å². The van der Waals surface area contributed by atoms with E-state index in [1.807, 2.05) is 47.2 Å². The zero-order valence-corrected chi connectivity index (χ0v) is 12.5. The fraction of sp³-hybridized carbons (Fsp3) is 0.0556. The number of oxazole rings is 1. The van der Waals surface area contributed by atoms with Gasteiger partial charge in [-0.3, -0.25) is 4.98 Å². The van der Waals surface area contributed by atoms with E-state index in [-0.39, 0.29) is 6.04 Å². The van der Waals surface area contributed by atoms with E-state index in [2.05, 4.69) is 16.0 Å². The zero-order chi connectivity index (χ0) is 16.5. The molecule has 6 heteroatoms. The zero-order valence-electron chi connectivity index (χ0n) is 12.5. The van der Waals surface area contributed by atoms with Crippen LogP contribution in [0.2, 0.25) is 0 Å². The van der Waals surface area contributed by atoms with Crippen LogP contribution in [0.1, 0.15) is 22.7 Å². The first-order valence-corrected chi connectivity index (χ1v) is 7.35. The number of benzene rings is 2. The number of hydrogen-bond acceptors (Lipinski definition) is 4. The molecule has 0 aliphatic rings. The van der Waals surface area contributed by atoms with Gasteiger partial charge in [-0.15, -0.1) is 0 Å². The molecule has 0 aliphatic heterocycles. The Kier molecular flexibility index (Phi) is 3.25. The highest BCUT2D eigenvalue weighted by atomic mass is 16.4. The summed E-state index contributed by atoms with van der Waals surface area (Å²) in [4.78, 5) is 18.1. The van der Waals surface area contributed by atoms with Crippen LogP contribution in [0.4, 0.5) is 0 Å². The normalized spacial score (nSPS) is 12.1. The molecule has 116 valence electrons. The van der Waals surface area contributed by atoms with Crippen LogP contribution in [0.15, 0.2) is 70.4 Å². The largest absolute Gasteiger partial charge is 0.417 e. The van der Waals surface area contributed by atoms with E-state index >= 15 is 0 Å². The van der Waals surface area contributed by atoms with Gasteiger partial charge in [-0.05, 0) is 35.4 Å². The predicted molar refractivity (Wildman–Crippen MR) is 87.5 cm³/mol. The van der Waals surface area contributed by atoms with Gasteiger partial charge in [-0.1, -0.05) is 18.2 Å². The standard InChI is InChI=1S/C18H12N4O2/c19-10-12-2-1-3-13(8-12)17(22-7-6-20-11-22)14-4-5-15-16(9-14)24-18(23)21-15/h1-9,11,17H,(H,21,23). The second-order valence-corrected chi connectivity index (χ2v) is 5.42. The van der Waals surface area contributed by atoms with Crippen LogP contribution in [0.5, 0.6) is 0 Å². The summed E-state index contributed by atoms with van der Waals surface area (Å²) in [5.41, 5.74) is 3.62. The number of fused-ring (bicyclic) bond motifs is 1. The fourth-order valence-electron chi connectivity index (χ4n) is 2.87. The minimum atomic E-state index is -0.479. The van der Waals surface area contributed by atoms with Crippen LogP contribution >= 0.6 is 0 Å². The quantitative estimate of drug-likeness (QED) is 0.629. The Hall–Kier alpha value is -3.59. The number of nitrogens with zero attached hydrogens (tertiary/aromatic N) is 3. The van der Waals surface area contributed by atoms with Gasteiger partial charge in [-0.2, -0.15) is 5.26 Å². The van der Waals surface area contributed by atoms with Crippen molar-refractivity contribution in [2.75, 3.05) is 0 Å². The number of aromatic nitrogens is 3. The number of nitriles is 1. The molecule has 0 saturated heterocycles. The van der Waals surface area contributed by atoms with Crippen molar-refractivity contribution in [1.29, 1.82) is 5.26 Å². The molecular weight excluding hydrogens is 304 g/mol. The van der Waals surface area contributed by atoms with Crippen LogP contribution in [-0.2, 0) is 0 Å². The van der Waals surface area contributed by atoms with Crippen molar-refractivity contribution in [3.05, 3.63) is 88.4 Å². The molecule has 2 heterocycles. The second-order valence-electron chi connectivity index (χ2n) is 5.42. The number of H-pyrrole nitrogens is 1. The number of hydrogen-bond donors (Lipinski definition) is 1. The molecular formula is C18H12N4O2. The van der Waals surface area contributed by atoms with Gasteiger partial charge in [0.2, 0.25) is 0 Å². The summed E-state index contributed by atoms with van der Waals surface area (Å²) in [6.45, 7) is 0. The maximum atomic E-state index is 11.4. The first-order chi connectivity index (χ1) is 11.7. The summed E-state index contributed by atoms with van der Waals surface area (Å²) in [6.07, 6.45) is 5.29. The summed E-state index contributed by atoms with van der Waals surface area (Å²) >= 11 is 0. The van der Waals surface area contributed by atoms with Crippen molar-refractivity contribution in [3.8, 4) is 6.07 Å². The van der Waals surface area contributed by atoms with Gasteiger partial charge in [0.15, 0.2) is 5.58 Å². The summed E-state index contributed by atoms with van der Waals surface area (Å²) in [7, 11) is 0. The van der Waals surface area contributed by atoms with Crippen molar-refractivity contribution >= 4 is 11.1 Å². The summed E-state index contributed by atoms with van der Waals surface area (Å²) < 4.78 is 7.12. The number of imidazole rings is 1. The highest BCUT2D eigenvalue weighted by molar-refractivity contribution is 5.73. The van der Waals surface area contributed by atoms with Gasteiger partial charge in [0, 0.05) is 12.4 Å². The van der Waals surface area contributed by atoms with Gasteiger partial charge in [-0.25, -0.2) is 9.78 Å². The SMILES string of the molecule is N#Cc1cccc(C(c2ccc3[nH]c(=O)oc3c2)n2ccnc2)c1. The van der Waals surface area contributed by atoms with E-state index < -0.39 is 5.76 Å². The molecule has 4 rings (SSSR count). The van der Waals surface area contributed by atoms with E-state index in [1.54, 1.807) is 18.6 Å². The molecule has 24 heavy (non-hydrogen) atoms. The average molecular weight is 316 g/mol. The molecule has 0 amide bonds. The molecule has 0 bridgehead atoms. The Balaban J connectivity index is 1.91. The van der Waals surface area contributed by atoms with Gasteiger partial charge in [0.05, 0.1) is 29.5 Å². The minimum Gasteiger partial charge on any atom is -0.408 e. The van der Waals surface area contributed by atoms with E-state index in [4.69, 9.17) is 9.68 Å². The maximum absolute atomic E-state index is 11.4. The molecule has 1 unspecified atom stereocenters. The van der Waals surface area contributed by atoms with E-state index in [9.17, 15) is 4.79 Å². The monoisotopic (exact) mass is 316 g/mol. The number of aromatic amines is 1. The first-order valence-electron chi connectivity index (χ1n) is 7.35. The van der Waals surface area contributed by atoms with Crippen molar-refractivity contribution in [2.45, 2.75) is 6.04 Å². The third-order valence-corrected chi connectivity index (χ3v) is 3.92. The maximum Gasteiger partial charge on any atom is 0.417 e. The van der Waals surface area contributed by atoms with Crippen LogP contribution in [0, 0.1) is 11.3 Å². The number of rotatable bonds is 3. The topological polar surface area (TPSA) is 87.6 Å². The highest BCUT2D eigenvalue weighted by Gasteiger charge is 2.17. The molecule has 0 saturated carbocycles. The van der Waals surface area contributed by atoms with Crippen LogP contribution in [0.25, 0.3) is 11.1 Å². The molecule has 1 atom stereocenters. The Morgan fingerprint density at radius 2 is 2.08 bits per heavy atom. The third-order valence-electron chi connectivity index (χ3n) is 3.92. The fourth-order valence-corrected chi connectivity index (χ4v) is 2.87. The molecule has 0 radical (unpaired) electrons. The lowest BCUT2D eigenvalue weighted by molar-refractivity contribution is 0.554. The Bertz CT molecular complexity index is 1100. The highest BCUT2D eigenvalue weighted by Crippen LogP contribution is 2.29. The van der Waals surface area contributed by atoms with Crippen LogP contribution in [0.3, 0.4) is 0 Å². The van der Waals surface area contributed by atoms with Gasteiger partial charge < -0.3 is 8.98 Å². The lowest BCUT2D eigenvalue weighted by Crippen LogP contribution is -2.10. The summed E-state index contributed by atoms with van der Waals surface area (Å²) in [5, 5.41) is 9.17. The molecule has 6 nitrogen and oxygen atoms in total. The van der Waals surface area contributed by atoms with Gasteiger partial charge in [0.1, 0.15) is 0 Å². The smallest absolute Gasteiger partial charge is 0.408 e. The van der Waals surface area contributed by atoms with Crippen LogP contribution in [-0.4, -0.2) is 14.5 Å². The Morgan fingerprint density at radius 1 is 1.21 bits per heavy atom. The Labute approximate surface area is 136 Å². The molecule has 2 aromatic heterocycles. The van der Waals surface area contributed by atoms with Crippen molar-refractivity contribution in [1.82, 2.24) is 14.5 Å². The lowest BCUT2D eigenvalue weighted by atomic mass is 9.97. The Morgan fingerprint density at radius 3 is 2.88 bits per heavy atom. The summed E-state index contributed by atoms with van der Waals surface area (Å²) in [5.74, 6) is -0.479. The second kappa shape index (κ2) is 5.56. The lowest BCUT2D eigenvalue weighted by Gasteiger charge is -2.19. The molecule has 1 N–H and O–H groups in total. The molecule has 0 fully saturated rings. The van der Waals surface area contributed by atoms with Crippen molar-refractivity contribution in [3.63, 3.8) is 0 Å². The third kappa shape index (κ3) is 2.38. The van der Waals surface area contributed by atoms with E-state index in [0.29, 0.717) is 16.7 Å².